The minimum atomic E-state index is -0.845. The van der Waals surface area contributed by atoms with Crippen molar-refractivity contribution in [1.82, 2.24) is 4.90 Å². The zero-order valence-electron chi connectivity index (χ0n) is 18.9. The molecule has 0 saturated carbocycles. The summed E-state index contributed by atoms with van der Waals surface area (Å²) in [5.41, 5.74) is 3.69. The van der Waals surface area contributed by atoms with Gasteiger partial charge in [-0.25, -0.2) is 0 Å². The number of benzene rings is 2. The molecule has 1 saturated heterocycles. The summed E-state index contributed by atoms with van der Waals surface area (Å²) >= 11 is 0. The normalized spacial score (nSPS) is 19.4. The summed E-state index contributed by atoms with van der Waals surface area (Å²) in [5.74, 6) is -0.841. The Bertz CT molecular complexity index is 1030. The zero-order chi connectivity index (χ0) is 22.8. The van der Waals surface area contributed by atoms with Crippen molar-refractivity contribution in [2.24, 2.45) is 5.92 Å². The number of para-hydroxylation sites is 1. The molecule has 0 unspecified atom stereocenters. The van der Waals surface area contributed by atoms with Crippen molar-refractivity contribution in [2.45, 2.75) is 52.2 Å². The Labute approximate surface area is 189 Å². The highest BCUT2D eigenvalue weighted by molar-refractivity contribution is 6.00. The quantitative estimate of drug-likeness (QED) is 0.688. The summed E-state index contributed by atoms with van der Waals surface area (Å²) in [4.78, 5) is 42.2. The van der Waals surface area contributed by atoms with Crippen molar-refractivity contribution in [3.8, 4) is 0 Å². The highest BCUT2D eigenvalue weighted by Crippen LogP contribution is 2.32. The van der Waals surface area contributed by atoms with E-state index in [4.69, 9.17) is 4.74 Å². The van der Waals surface area contributed by atoms with E-state index in [2.05, 4.69) is 0 Å². The molecule has 2 aliphatic rings. The summed E-state index contributed by atoms with van der Waals surface area (Å²) in [7, 11) is 0. The Morgan fingerprint density at radius 2 is 1.66 bits per heavy atom. The smallest absolute Gasteiger partial charge is 0.309 e. The molecule has 0 spiro atoms. The number of carbonyl (C=O) groups excluding carboxylic acids is 3. The lowest BCUT2D eigenvalue weighted by Crippen LogP contribution is -2.45. The summed E-state index contributed by atoms with van der Waals surface area (Å²) in [6.07, 6.45) is 1.04. The third-order valence-electron chi connectivity index (χ3n) is 6.58. The minimum absolute atomic E-state index is 0.000138. The standard InChI is InChI=1S/C26H30N2O4/c1-17-8-4-6-10-22(17)25(30)27-14-12-20(13-15-27)26(31)32-19(3)24(29)28-18(2)16-21-9-5-7-11-23(21)28/h4-11,18-20H,12-16H2,1-3H3/t18-,19-/m1/s1. The number of amides is 2. The summed E-state index contributed by atoms with van der Waals surface area (Å²) in [6.45, 7) is 6.59. The maximum atomic E-state index is 13.1. The Kier molecular flexibility index (Phi) is 6.31. The zero-order valence-corrected chi connectivity index (χ0v) is 18.9. The molecule has 2 aromatic rings. The monoisotopic (exact) mass is 434 g/mol. The molecule has 0 bridgehead atoms. The van der Waals surface area contributed by atoms with Gasteiger partial charge in [-0.1, -0.05) is 36.4 Å². The second-order valence-corrected chi connectivity index (χ2v) is 8.85. The number of piperidine rings is 1. The lowest BCUT2D eigenvalue weighted by atomic mass is 9.96. The van der Waals surface area contributed by atoms with Crippen LogP contribution in [0.1, 0.15) is 48.2 Å². The topological polar surface area (TPSA) is 66.9 Å². The van der Waals surface area contributed by atoms with Crippen molar-refractivity contribution in [3.05, 3.63) is 65.2 Å². The van der Waals surface area contributed by atoms with Gasteiger partial charge >= 0.3 is 5.97 Å². The van der Waals surface area contributed by atoms with Crippen molar-refractivity contribution < 1.29 is 19.1 Å². The van der Waals surface area contributed by atoms with Crippen molar-refractivity contribution >= 4 is 23.5 Å². The lowest BCUT2D eigenvalue weighted by Gasteiger charge is -2.32. The van der Waals surface area contributed by atoms with Gasteiger partial charge in [0.1, 0.15) is 0 Å². The van der Waals surface area contributed by atoms with E-state index in [1.54, 1.807) is 16.7 Å². The molecule has 0 radical (unpaired) electrons. The number of hydrogen-bond acceptors (Lipinski definition) is 4. The maximum absolute atomic E-state index is 13.1. The van der Waals surface area contributed by atoms with Gasteiger partial charge in [0.15, 0.2) is 6.10 Å². The SMILES string of the molecule is Cc1ccccc1C(=O)N1CCC(C(=O)O[C@H](C)C(=O)N2c3ccccc3C[C@H]2C)CC1. The average Bonchev–Trinajstić information content (AvgIpc) is 3.14. The van der Waals surface area contributed by atoms with E-state index in [0.29, 0.717) is 31.5 Å². The van der Waals surface area contributed by atoms with Gasteiger partial charge in [-0.3, -0.25) is 14.4 Å². The van der Waals surface area contributed by atoms with E-state index in [1.165, 1.54) is 0 Å². The lowest BCUT2D eigenvalue weighted by molar-refractivity contribution is -0.159. The second kappa shape index (κ2) is 9.15. The molecule has 0 aromatic heterocycles. The van der Waals surface area contributed by atoms with E-state index in [9.17, 15) is 14.4 Å². The van der Waals surface area contributed by atoms with Crippen LogP contribution in [0.5, 0.6) is 0 Å². The Morgan fingerprint density at radius 1 is 1.00 bits per heavy atom. The molecule has 6 heteroatoms. The molecule has 2 aliphatic heterocycles. The number of aryl methyl sites for hydroxylation is 1. The van der Waals surface area contributed by atoms with Gasteiger partial charge in [0.25, 0.3) is 11.8 Å². The Balaban J connectivity index is 1.33. The number of esters is 1. The molecular formula is C26H30N2O4. The van der Waals surface area contributed by atoms with E-state index in [-0.39, 0.29) is 29.7 Å². The number of fused-ring (bicyclic) bond motifs is 1. The number of nitrogens with zero attached hydrogens (tertiary/aromatic N) is 2. The van der Waals surface area contributed by atoms with Crippen LogP contribution in [0.3, 0.4) is 0 Å². The van der Waals surface area contributed by atoms with Crippen LogP contribution in [0.4, 0.5) is 5.69 Å². The molecule has 1 fully saturated rings. The number of rotatable bonds is 4. The minimum Gasteiger partial charge on any atom is -0.452 e. The van der Waals surface area contributed by atoms with Crippen LogP contribution in [-0.4, -0.2) is 47.9 Å². The molecule has 4 rings (SSSR count). The fourth-order valence-electron chi connectivity index (χ4n) is 4.72. The number of carbonyl (C=O) groups is 3. The van der Waals surface area contributed by atoms with Gasteiger partial charge in [0, 0.05) is 30.4 Å². The predicted molar refractivity (Wildman–Crippen MR) is 122 cm³/mol. The Hall–Kier alpha value is -3.15. The predicted octanol–water partition coefficient (Wildman–Crippen LogP) is 3.76. The summed E-state index contributed by atoms with van der Waals surface area (Å²) in [6, 6.07) is 15.4. The number of ether oxygens (including phenoxy) is 1. The number of anilines is 1. The van der Waals surface area contributed by atoms with E-state index in [1.807, 2.05) is 62.4 Å². The molecule has 0 N–H and O–H groups in total. The fraction of sp³-hybridized carbons (Fsp3) is 0.423. The first kappa shape index (κ1) is 22.1. The van der Waals surface area contributed by atoms with Gasteiger partial charge in [-0.2, -0.15) is 0 Å². The molecular weight excluding hydrogens is 404 g/mol. The van der Waals surface area contributed by atoms with Crippen molar-refractivity contribution in [1.29, 1.82) is 0 Å². The fourth-order valence-corrected chi connectivity index (χ4v) is 4.72. The molecule has 2 amide bonds. The molecule has 32 heavy (non-hydrogen) atoms. The number of hydrogen-bond donors (Lipinski definition) is 0. The third-order valence-corrected chi connectivity index (χ3v) is 6.58. The molecule has 2 atom stereocenters. The average molecular weight is 435 g/mol. The van der Waals surface area contributed by atoms with Crippen LogP contribution in [0.2, 0.25) is 0 Å². The molecule has 2 heterocycles. The molecule has 2 aromatic carbocycles. The Morgan fingerprint density at radius 3 is 2.38 bits per heavy atom. The van der Waals surface area contributed by atoms with Crippen LogP contribution in [0.25, 0.3) is 0 Å². The van der Waals surface area contributed by atoms with Crippen LogP contribution in [-0.2, 0) is 20.7 Å². The highest BCUT2D eigenvalue weighted by atomic mass is 16.5. The van der Waals surface area contributed by atoms with Gasteiger partial charge < -0.3 is 14.5 Å². The van der Waals surface area contributed by atoms with Crippen LogP contribution in [0.15, 0.2) is 48.5 Å². The first-order valence-electron chi connectivity index (χ1n) is 11.3. The van der Waals surface area contributed by atoms with Gasteiger partial charge in [-0.15, -0.1) is 0 Å². The second-order valence-electron chi connectivity index (χ2n) is 8.85. The largest absolute Gasteiger partial charge is 0.452 e. The molecule has 0 aliphatic carbocycles. The summed E-state index contributed by atoms with van der Waals surface area (Å²) < 4.78 is 5.59. The maximum Gasteiger partial charge on any atom is 0.309 e. The highest BCUT2D eigenvalue weighted by Gasteiger charge is 2.36. The van der Waals surface area contributed by atoms with Gasteiger partial charge in [0.05, 0.1) is 5.92 Å². The van der Waals surface area contributed by atoms with Gasteiger partial charge in [-0.05, 0) is 63.3 Å². The van der Waals surface area contributed by atoms with Gasteiger partial charge in [0.2, 0.25) is 0 Å². The first-order chi connectivity index (χ1) is 15.4. The van der Waals surface area contributed by atoms with E-state index < -0.39 is 6.10 Å². The first-order valence-corrected chi connectivity index (χ1v) is 11.3. The van der Waals surface area contributed by atoms with Crippen LogP contribution >= 0.6 is 0 Å². The van der Waals surface area contributed by atoms with Crippen LogP contribution < -0.4 is 4.90 Å². The molecule has 6 nitrogen and oxygen atoms in total. The number of likely N-dealkylation sites (tertiary alicyclic amines) is 1. The van der Waals surface area contributed by atoms with Crippen molar-refractivity contribution in [2.75, 3.05) is 18.0 Å². The third kappa shape index (κ3) is 4.27. The summed E-state index contributed by atoms with van der Waals surface area (Å²) in [5, 5.41) is 0. The van der Waals surface area contributed by atoms with Crippen molar-refractivity contribution in [3.63, 3.8) is 0 Å². The van der Waals surface area contributed by atoms with E-state index in [0.717, 1.165) is 23.2 Å². The van der Waals surface area contributed by atoms with Crippen LogP contribution in [0, 0.1) is 12.8 Å². The van der Waals surface area contributed by atoms with E-state index >= 15 is 0 Å². The molecule has 168 valence electrons.